The number of nitrogens with one attached hydrogen (secondary N) is 1. The molecule has 0 radical (unpaired) electrons. The first-order chi connectivity index (χ1) is 13.1. The van der Waals surface area contributed by atoms with Gasteiger partial charge in [0.2, 0.25) is 0 Å². The van der Waals surface area contributed by atoms with E-state index in [0.717, 1.165) is 27.9 Å². The molecule has 1 amide bonds. The van der Waals surface area contributed by atoms with Crippen molar-refractivity contribution >= 4 is 12.0 Å². The minimum atomic E-state index is -0.413. The maximum Gasteiger partial charge on any atom is 0.261 e. The van der Waals surface area contributed by atoms with Crippen LogP contribution in [0, 0.1) is 18.3 Å². The Labute approximate surface area is 158 Å². The number of rotatable bonds is 5. The highest BCUT2D eigenvalue weighted by atomic mass is 16.1. The van der Waals surface area contributed by atoms with Gasteiger partial charge in [-0.25, -0.2) is 0 Å². The fourth-order valence-corrected chi connectivity index (χ4v) is 2.85. The van der Waals surface area contributed by atoms with Gasteiger partial charge in [-0.2, -0.15) is 10.4 Å². The molecule has 27 heavy (non-hydrogen) atoms. The Bertz CT molecular complexity index is 1030. The molecule has 0 aliphatic heterocycles. The van der Waals surface area contributed by atoms with Gasteiger partial charge in [-0.3, -0.25) is 9.48 Å². The molecule has 0 aliphatic carbocycles. The molecule has 5 heteroatoms. The second kappa shape index (κ2) is 8.15. The van der Waals surface area contributed by atoms with Gasteiger partial charge in [-0.15, -0.1) is 0 Å². The van der Waals surface area contributed by atoms with Crippen molar-refractivity contribution in [3.05, 3.63) is 83.1 Å². The summed E-state index contributed by atoms with van der Waals surface area (Å²) < 4.78 is 1.83. The molecule has 1 N–H and O–H groups in total. The molecule has 0 bridgehead atoms. The Balaban J connectivity index is 2.08. The fourth-order valence-electron chi connectivity index (χ4n) is 2.85. The minimum absolute atomic E-state index is 0.0469. The number of carbonyl (C=O) groups excluding carboxylic acids is 1. The van der Waals surface area contributed by atoms with E-state index in [0.29, 0.717) is 6.54 Å². The van der Waals surface area contributed by atoms with Crippen LogP contribution in [0.4, 0.5) is 0 Å². The van der Waals surface area contributed by atoms with E-state index in [1.54, 1.807) is 6.08 Å². The SMILES string of the molecule is CNC(=O)/C(C#N)=C/c1cn(Cc2ccccc2)nc1-c1cccc(C)c1. The molecule has 0 fully saturated rings. The van der Waals surface area contributed by atoms with E-state index in [2.05, 4.69) is 5.32 Å². The van der Waals surface area contributed by atoms with Crippen LogP contribution in [0.3, 0.4) is 0 Å². The number of aromatic nitrogens is 2. The lowest BCUT2D eigenvalue weighted by molar-refractivity contribution is -0.116. The summed E-state index contributed by atoms with van der Waals surface area (Å²) in [5, 5.41) is 16.5. The zero-order valence-corrected chi connectivity index (χ0v) is 15.3. The van der Waals surface area contributed by atoms with Crippen LogP contribution in [0.1, 0.15) is 16.7 Å². The summed E-state index contributed by atoms with van der Waals surface area (Å²) in [6.45, 7) is 2.63. The van der Waals surface area contributed by atoms with E-state index in [4.69, 9.17) is 5.10 Å². The molecule has 2 aromatic carbocycles. The summed E-state index contributed by atoms with van der Waals surface area (Å²) >= 11 is 0. The number of nitrogens with zero attached hydrogens (tertiary/aromatic N) is 3. The van der Waals surface area contributed by atoms with Crippen molar-refractivity contribution in [3.63, 3.8) is 0 Å². The monoisotopic (exact) mass is 356 g/mol. The molecule has 1 heterocycles. The van der Waals surface area contributed by atoms with Crippen molar-refractivity contribution in [3.8, 4) is 17.3 Å². The van der Waals surface area contributed by atoms with Gasteiger partial charge in [-0.05, 0) is 24.6 Å². The first-order valence-electron chi connectivity index (χ1n) is 8.63. The predicted octanol–water partition coefficient (Wildman–Crippen LogP) is 3.56. The summed E-state index contributed by atoms with van der Waals surface area (Å²) in [4.78, 5) is 11.9. The lowest BCUT2D eigenvalue weighted by Crippen LogP contribution is -2.19. The molecule has 0 saturated heterocycles. The molecule has 0 saturated carbocycles. The average Bonchev–Trinajstić information content (AvgIpc) is 3.08. The Kier molecular flexibility index (Phi) is 5.48. The van der Waals surface area contributed by atoms with Crippen molar-refractivity contribution in [2.24, 2.45) is 0 Å². The molecule has 3 rings (SSSR count). The average molecular weight is 356 g/mol. The largest absolute Gasteiger partial charge is 0.354 e. The van der Waals surface area contributed by atoms with Crippen LogP contribution in [0.2, 0.25) is 0 Å². The van der Waals surface area contributed by atoms with Gasteiger partial charge >= 0.3 is 0 Å². The van der Waals surface area contributed by atoms with Crippen LogP contribution in [-0.4, -0.2) is 22.7 Å². The molecular weight excluding hydrogens is 336 g/mol. The third kappa shape index (κ3) is 4.31. The van der Waals surface area contributed by atoms with Crippen molar-refractivity contribution in [1.82, 2.24) is 15.1 Å². The van der Waals surface area contributed by atoms with Gasteiger partial charge in [0.25, 0.3) is 5.91 Å². The molecule has 134 valence electrons. The summed E-state index contributed by atoms with van der Waals surface area (Å²) in [5.74, 6) is -0.413. The van der Waals surface area contributed by atoms with Crippen molar-refractivity contribution in [2.75, 3.05) is 7.05 Å². The van der Waals surface area contributed by atoms with Gasteiger partial charge in [-0.1, -0.05) is 54.1 Å². The first-order valence-corrected chi connectivity index (χ1v) is 8.63. The fraction of sp³-hybridized carbons (Fsp3) is 0.136. The molecule has 0 atom stereocenters. The minimum Gasteiger partial charge on any atom is -0.354 e. The standard InChI is InChI=1S/C22H20N4O/c1-16-7-6-10-18(11-16)21-20(12-19(13-23)22(27)24-2)15-26(25-21)14-17-8-4-3-5-9-17/h3-12,15H,14H2,1-2H3,(H,24,27)/b19-12+. The second-order valence-corrected chi connectivity index (χ2v) is 6.23. The molecule has 0 unspecified atom stereocenters. The van der Waals surface area contributed by atoms with Crippen LogP contribution in [0.25, 0.3) is 17.3 Å². The molecule has 0 aliphatic rings. The van der Waals surface area contributed by atoms with E-state index in [1.807, 2.05) is 78.5 Å². The van der Waals surface area contributed by atoms with Gasteiger partial charge in [0.15, 0.2) is 0 Å². The number of nitriles is 1. The molecule has 5 nitrogen and oxygen atoms in total. The highest BCUT2D eigenvalue weighted by Crippen LogP contribution is 2.25. The molecule has 0 spiro atoms. The third-order valence-electron chi connectivity index (χ3n) is 4.16. The third-order valence-corrected chi connectivity index (χ3v) is 4.16. The van der Waals surface area contributed by atoms with Crippen LogP contribution in [0.15, 0.2) is 66.4 Å². The molecular formula is C22H20N4O. The lowest BCUT2D eigenvalue weighted by atomic mass is 10.0. The first kappa shape index (κ1) is 18.2. The van der Waals surface area contributed by atoms with Gasteiger partial charge in [0.05, 0.1) is 12.2 Å². The highest BCUT2D eigenvalue weighted by molar-refractivity contribution is 6.02. The van der Waals surface area contributed by atoms with Gasteiger partial charge in [0, 0.05) is 24.4 Å². The van der Waals surface area contributed by atoms with Crippen LogP contribution in [-0.2, 0) is 11.3 Å². The Morgan fingerprint density at radius 2 is 2.00 bits per heavy atom. The van der Waals surface area contributed by atoms with Crippen molar-refractivity contribution in [2.45, 2.75) is 13.5 Å². The lowest BCUT2D eigenvalue weighted by Gasteiger charge is -2.02. The zero-order chi connectivity index (χ0) is 19.2. The van der Waals surface area contributed by atoms with E-state index in [9.17, 15) is 10.1 Å². The quantitative estimate of drug-likeness (QED) is 0.561. The van der Waals surface area contributed by atoms with E-state index in [1.165, 1.54) is 7.05 Å². The van der Waals surface area contributed by atoms with Gasteiger partial charge < -0.3 is 5.32 Å². The maximum atomic E-state index is 11.9. The predicted molar refractivity (Wildman–Crippen MR) is 106 cm³/mol. The Morgan fingerprint density at radius 1 is 1.22 bits per heavy atom. The summed E-state index contributed by atoms with van der Waals surface area (Å²) in [6, 6.07) is 20.0. The number of carbonyl (C=O) groups is 1. The number of likely N-dealkylation sites (N-methyl/N-ethyl adjacent to an activating group) is 1. The number of hydrogen-bond donors (Lipinski definition) is 1. The van der Waals surface area contributed by atoms with Gasteiger partial charge in [0.1, 0.15) is 11.6 Å². The Morgan fingerprint density at radius 3 is 2.67 bits per heavy atom. The molecule has 1 aromatic heterocycles. The second-order valence-electron chi connectivity index (χ2n) is 6.23. The zero-order valence-electron chi connectivity index (χ0n) is 15.3. The highest BCUT2D eigenvalue weighted by Gasteiger charge is 2.14. The number of aryl methyl sites for hydroxylation is 1. The summed E-state index contributed by atoms with van der Waals surface area (Å²) in [5.41, 5.74) is 4.71. The van der Waals surface area contributed by atoms with E-state index in [-0.39, 0.29) is 5.57 Å². The smallest absolute Gasteiger partial charge is 0.261 e. The van der Waals surface area contributed by atoms with Crippen LogP contribution in [0.5, 0.6) is 0 Å². The number of amides is 1. The number of benzene rings is 2. The van der Waals surface area contributed by atoms with Crippen LogP contribution >= 0.6 is 0 Å². The summed E-state index contributed by atoms with van der Waals surface area (Å²) in [6.07, 6.45) is 3.45. The Hall–Kier alpha value is -3.65. The normalized spacial score (nSPS) is 11.1. The van der Waals surface area contributed by atoms with E-state index < -0.39 is 5.91 Å². The van der Waals surface area contributed by atoms with Crippen LogP contribution < -0.4 is 5.32 Å². The molecule has 3 aromatic rings. The summed E-state index contributed by atoms with van der Waals surface area (Å²) in [7, 11) is 1.51. The van der Waals surface area contributed by atoms with E-state index >= 15 is 0 Å². The van der Waals surface area contributed by atoms with Crippen molar-refractivity contribution in [1.29, 1.82) is 5.26 Å². The maximum absolute atomic E-state index is 11.9. The topological polar surface area (TPSA) is 70.7 Å². The van der Waals surface area contributed by atoms with Crippen molar-refractivity contribution < 1.29 is 4.79 Å². The number of hydrogen-bond acceptors (Lipinski definition) is 3.